The van der Waals surface area contributed by atoms with E-state index < -0.39 is 0 Å². The number of aliphatic hydroxyl groups excluding tert-OH is 1. The molecule has 1 heterocycles. The molecule has 0 spiro atoms. The number of hydrogen-bond donors (Lipinski definition) is 1. The smallest absolute Gasteiger partial charge is 0.227 e. The lowest BCUT2D eigenvalue weighted by atomic mass is 10.2. The molecule has 0 unspecified atom stereocenters. The fourth-order valence-corrected chi connectivity index (χ4v) is 1.33. The molecule has 4 heteroatoms. The maximum atomic E-state index is 11.5. The van der Waals surface area contributed by atoms with Crippen molar-refractivity contribution in [3.05, 3.63) is 53.1 Å². The Morgan fingerprint density at radius 2 is 2.22 bits per heavy atom. The summed E-state index contributed by atoms with van der Waals surface area (Å²) >= 11 is 0. The summed E-state index contributed by atoms with van der Waals surface area (Å²) in [6.45, 7) is 3.68. The molecule has 0 saturated heterocycles. The van der Waals surface area contributed by atoms with E-state index in [1.54, 1.807) is 0 Å². The van der Waals surface area contributed by atoms with E-state index in [4.69, 9.17) is 14.3 Å². The van der Waals surface area contributed by atoms with Gasteiger partial charge in [0.1, 0.15) is 25.2 Å². The molecule has 4 nitrogen and oxygen atoms in total. The van der Waals surface area contributed by atoms with Crippen LogP contribution in [0.1, 0.15) is 25.0 Å². The summed E-state index contributed by atoms with van der Waals surface area (Å²) in [6.07, 6.45) is 10.0. The summed E-state index contributed by atoms with van der Waals surface area (Å²) in [6, 6.07) is 1.23. The van der Waals surface area contributed by atoms with Gasteiger partial charge in [-0.05, 0) is 19.3 Å². The molecule has 0 saturated carbocycles. The lowest BCUT2D eigenvalue weighted by Crippen LogP contribution is -2.07. The molecule has 18 heavy (non-hydrogen) atoms. The average molecular weight is 250 g/mol. The fraction of sp³-hybridized carbons (Fsp3) is 0.357. The monoisotopic (exact) mass is 250 g/mol. The minimum absolute atomic E-state index is 0.156. The first-order valence-electron chi connectivity index (χ1n) is 5.89. The van der Waals surface area contributed by atoms with Gasteiger partial charge >= 0.3 is 0 Å². The van der Waals surface area contributed by atoms with E-state index in [2.05, 4.69) is 6.58 Å². The van der Waals surface area contributed by atoms with Crippen molar-refractivity contribution in [1.29, 1.82) is 0 Å². The standard InChI is InChI=1S/C14H18O4/c1-2-3-4-5-6-7-8-17-14-11-18-12(10-15)9-13(14)16/h2,6-7,9,11,15H,1,3-5,8,10H2/b7-6+. The summed E-state index contributed by atoms with van der Waals surface area (Å²) in [4.78, 5) is 11.5. The Bertz CT molecular complexity index is 445. The molecular formula is C14H18O4. The van der Waals surface area contributed by atoms with Gasteiger partial charge in [-0.2, -0.15) is 0 Å². The minimum Gasteiger partial charge on any atom is -0.482 e. The Labute approximate surface area is 106 Å². The highest BCUT2D eigenvalue weighted by Crippen LogP contribution is 2.06. The summed E-state index contributed by atoms with van der Waals surface area (Å²) in [5, 5.41) is 8.78. The average Bonchev–Trinajstić information content (AvgIpc) is 2.39. The normalized spacial score (nSPS) is 10.7. The van der Waals surface area contributed by atoms with E-state index in [1.807, 2.05) is 18.2 Å². The molecule has 0 aliphatic heterocycles. The molecule has 1 aromatic heterocycles. The van der Waals surface area contributed by atoms with E-state index in [0.717, 1.165) is 19.3 Å². The first-order chi connectivity index (χ1) is 8.77. The molecule has 0 fully saturated rings. The van der Waals surface area contributed by atoms with E-state index in [9.17, 15) is 4.79 Å². The SMILES string of the molecule is C=CCCC/C=C/COc1coc(CO)cc1=O. The largest absolute Gasteiger partial charge is 0.482 e. The van der Waals surface area contributed by atoms with Gasteiger partial charge < -0.3 is 14.3 Å². The van der Waals surface area contributed by atoms with Crippen molar-refractivity contribution in [3.8, 4) is 5.75 Å². The Balaban J connectivity index is 2.35. The van der Waals surface area contributed by atoms with Gasteiger partial charge in [0.15, 0.2) is 0 Å². The van der Waals surface area contributed by atoms with Gasteiger partial charge in [-0.1, -0.05) is 18.2 Å². The number of aliphatic hydroxyl groups is 1. The summed E-state index contributed by atoms with van der Waals surface area (Å²) in [5.74, 6) is 0.384. The number of allylic oxidation sites excluding steroid dienone is 2. The van der Waals surface area contributed by atoms with Gasteiger partial charge in [-0.25, -0.2) is 0 Å². The van der Waals surface area contributed by atoms with Crippen LogP contribution in [0.4, 0.5) is 0 Å². The van der Waals surface area contributed by atoms with Crippen molar-refractivity contribution in [2.75, 3.05) is 6.61 Å². The van der Waals surface area contributed by atoms with E-state index in [1.165, 1.54) is 12.3 Å². The maximum Gasteiger partial charge on any atom is 0.227 e. The first-order valence-corrected chi connectivity index (χ1v) is 5.89. The van der Waals surface area contributed by atoms with Crippen molar-refractivity contribution in [2.24, 2.45) is 0 Å². The third kappa shape index (κ3) is 5.01. The molecule has 0 atom stereocenters. The van der Waals surface area contributed by atoms with Crippen LogP contribution < -0.4 is 10.2 Å². The summed E-state index contributed by atoms with van der Waals surface area (Å²) in [5.41, 5.74) is -0.287. The van der Waals surface area contributed by atoms with Crippen LogP contribution in [0.2, 0.25) is 0 Å². The van der Waals surface area contributed by atoms with Crippen LogP contribution in [0.5, 0.6) is 5.75 Å². The highest BCUT2D eigenvalue weighted by Gasteiger charge is 2.02. The van der Waals surface area contributed by atoms with Crippen LogP contribution in [0, 0.1) is 0 Å². The van der Waals surface area contributed by atoms with Crippen molar-refractivity contribution in [1.82, 2.24) is 0 Å². The quantitative estimate of drug-likeness (QED) is 0.568. The predicted molar refractivity (Wildman–Crippen MR) is 69.6 cm³/mol. The van der Waals surface area contributed by atoms with E-state index >= 15 is 0 Å². The van der Waals surface area contributed by atoms with Crippen LogP contribution in [-0.4, -0.2) is 11.7 Å². The first kappa shape index (κ1) is 14.3. The van der Waals surface area contributed by atoms with Crippen LogP contribution in [0.15, 0.2) is 46.3 Å². The summed E-state index contributed by atoms with van der Waals surface area (Å²) in [7, 11) is 0. The zero-order valence-electron chi connectivity index (χ0n) is 10.3. The Kier molecular flexibility index (Phi) is 6.58. The zero-order chi connectivity index (χ0) is 13.2. The predicted octanol–water partition coefficient (Wildman–Crippen LogP) is 2.42. The molecule has 0 bridgehead atoms. The van der Waals surface area contributed by atoms with E-state index in [-0.39, 0.29) is 23.5 Å². The lowest BCUT2D eigenvalue weighted by molar-refractivity contribution is 0.239. The lowest BCUT2D eigenvalue weighted by Gasteiger charge is -2.01. The van der Waals surface area contributed by atoms with Crippen LogP contribution >= 0.6 is 0 Å². The minimum atomic E-state index is -0.293. The molecule has 1 aromatic rings. The fourth-order valence-electron chi connectivity index (χ4n) is 1.33. The second-order valence-corrected chi connectivity index (χ2v) is 3.73. The van der Waals surface area contributed by atoms with Crippen molar-refractivity contribution >= 4 is 0 Å². The third-order valence-electron chi connectivity index (χ3n) is 2.29. The van der Waals surface area contributed by atoms with Gasteiger partial charge in [-0.3, -0.25) is 4.79 Å². The third-order valence-corrected chi connectivity index (χ3v) is 2.29. The number of hydrogen-bond acceptors (Lipinski definition) is 4. The van der Waals surface area contributed by atoms with Crippen LogP contribution in [0.3, 0.4) is 0 Å². The summed E-state index contributed by atoms with van der Waals surface area (Å²) < 4.78 is 10.2. The van der Waals surface area contributed by atoms with Gasteiger partial charge in [-0.15, -0.1) is 6.58 Å². The van der Waals surface area contributed by atoms with Crippen molar-refractivity contribution in [2.45, 2.75) is 25.9 Å². The van der Waals surface area contributed by atoms with Gasteiger partial charge in [0, 0.05) is 6.07 Å². The Morgan fingerprint density at radius 1 is 1.39 bits per heavy atom. The van der Waals surface area contributed by atoms with Gasteiger partial charge in [0.05, 0.1) is 0 Å². The molecule has 0 aliphatic carbocycles. The highest BCUT2D eigenvalue weighted by atomic mass is 16.5. The molecule has 0 aliphatic rings. The maximum absolute atomic E-state index is 11.5. The molecule has 0 aromatic carbocycles. The topological polar surface area (TPSA) is 59.7 Å². The molecule has 0 amide bonds. The number of ether oxygens (including phenoxy) is 1. The molecular weight excluding hydrogens is 232 g/mol. The Hall–Kier alpha value is -1.81. The van der Waals surface area contributed by atoms with Gasteiger partial charge in [0.25, 0.3) is 0 Å². The van der Waals surface area contributed by atoms with Gasteiger partial charge in [0.2, 0.25) is 11.2 Å². The second-order valence-electron chi connectivity index (χ2n) is 3.73. The Morgan fingerprint density at radius 3 is 2.89 bits per heavy atom. The second kappa shape index (κ2) is 8.31. The number of unbranched alkanes of at least 4 members (excludes halogenated alkanes) is 2. The highest BCUT2D eigenvalue weighted by molar-refractivity contribution is 5.17. The van der Waals surface area contributed by atoms with E-state index in [0.29, 0.717) is 6.61 Å². The molecule has 1 N–H and O–H groups in total. The van der Waals surface area contributed by atoms with Crippen molar-refractivity contribution in [3.63, 3.8) is 0 Å². The number of rotatable bonds is 8. The molecule has 98 valence electrons. The zero-order valence-corrected chi connectivity index (χ0v) is 10.3. The van der Waals surface area contributed by atoms with Crippen LogP contribution in [-0.2, 0) is 6.61 Å². The molecule has 1 rings (SSSR count). The molecule has 0 radical (unpaired) electrons. The van der Waals surface area contributed by atoms with Crippen LogP contribution in [0.25, 0.3) is 0 Å². The van der Waals surface area contributed by atoms with Crippen molar-refractivity contribution < 1.29 is 14.3 Å².